The number of rotatable bonds is 6. The molecule has 6 nitrogen and oxygen atoms in total. The number of hydrogen-bond acceptors (Lipinski definition) is 4. The SMILES string of the molecule is O=C(CC(c1cccc2c1OCO2)c1c[nH]c2ccccc12)NCc1ccccn1. The highest BCUT2D eigenvalue weighted by atomic mass is 16.7. The molecule has 1 amide bonds. The van der Waals surface area contributed by atoms with Crippen LogP contribution in [0.5, 0.6) is 11.5 Å². The number of nitrogens with one attached hydrogen (secondary N) is 2. The van der Waals surface area contributed by atoms with E-state index in [-0.39, 0.29) is 25.0 Å². The van der Waals surface area contributed by atoms with Gasteiger partial charge in [0.25, 0.3) is 0 Å². The monoisotopic (exact) mass is 399 g/mol. The normalized spacial score (nSPS) is 13.3. The van der Waals surface area contributed by atoms with E-state index in [1.807, 2.05) is 60.8 Å². The second-order valence-corrected chi connectivity index (χ2v) is 7.23. The Kier molecular flexibility index (Phi) is 4.81. The summed E-state index contributed by atoms with van der Waals surface area (Å²) in [5, 5.41) is 4.09. The van der Waals surface area contributed by atoms with Crippen LogP contribution in [0.4, 0.5) is 0 Å². The molecule has 150 valence electrons. The van der Waals surface area contributed by atoms with Gasteiger partial charge >= 0.3 is 0 Å². The maximum absolute atomic E-state index is 12.9. The van der Waals surface area contributed by atoms with E-state index in [9.17, 15) is 4.79 Å². The molecule has 0 bridgehead atoms. The molecule has 0 saturated carbocycles. The molecule has 0 saturated heterocycles. The fourth-order valence-electron chi connectivity index (χ4n) is 3.95. The van der Waals surface area contributed by atoms with Gasteiger partial charge in [0.2, 0.25) is 12.7 Å². The van der Waals surface area contributed by atoms with Gasteiger partial charge in [0, 0.05) is 41.2 Å². The summed E-state index contributed by atoms with van der Waals surface area (Å²) >= 11 is 0. The van der Waals surface area contributed by atoms with Crippen molar-refractivity contribution in [2.75, 3.05) is 6.79 Å². The van der Waals surface area contributed by atoms with Crippen LogP contribution in [0, 0.1) is 0 Å². The van der Waals surface area contributed by atoms with E-state index in [2.05, 4.69) is 21.4 Å². The molecule has 5 rings (SSSR count). The van der Waals surface area contributed by atoms with Crippen molar-refractivity contribution < 1.29 is 14.3 Å². The predicted molar refractivity (Wildman–Crippen MR) is 113 cm³/mol. The minimum Gasteiger partial charge on any atom is -0.454 e. The Morgan fingerprint density at radius 2 is 1.93 bits per heavy atom. The van der Waals surface area contributed by atoms with Crippen LogP contribution < -0.4 is 14.8 Å². The summed E-state index contributed by atoms with van der Waals surface area (Å²) < 4.78 is 11.3. The van der Waals surface area contributed by atoms with Gasteiger partial charge < -0.3 is 19.8 Å². The van der Waals surface area contributed by atoms with Gasteiger partial charge in [-0.25, -0.2) is 0 Å². The highest BCUT2D eigenvalue weighted by Gasteiger charge is 2.28. The Hall–Kier alpha value is -3.80. The van der Waals surface area contributed by atoms with Gasteiger partial charge in [-0.1, -0.05) is 36.4 Å². The number of aromatic amines is 1. The Morgan fingerprint density at radius 1 is 1.03 bits per heavy atom. The Morgan fingerprint density at radius 3 is 2.83 bits per heavy atom. The van der Waals surface area contributed by atoms with Crippen LogP contribution in [0.2, 0.25) is 0 Å². The molecular formula is C24H21N3O3. The highest BCUT2D eigenvalue weighted by Crippen LogP contribution is 2.44. The molecule has 3 heterocycles. The number of pyridine rings is 1. The molecule has 4 aromatic rings. The molecule has 1 aliphatic heterocycles. The standard InChI is InChI=1S/C24H21N3O3/c28-23(27-13-16-6-3-4-11-25-16)12-19(18-8-5-10-22-24(18)30-15-29-22)20-14-26-21-9-2-1-7-17(20)21/h1-11,14,19,26H,12-13,15H2,(H,27,28). The van der Waals surface area contributed by atoms with Crippen molar-refractivity contribution in [1.29, 1.82) is 0 Å². The summed E-state index contributed by atoms with van der Waals surface area (Å²) in [7, 11) is 0. The molecule has 0 aliphatic carbocycles. The van der Waals surface area contributed by atoms with Gasteiger partial charge in [0.05, 0.1) is 12.2 Å². The second kappa shape index (κ2) is 7.91. The van der Waals surface area contributed by atoms with Gasteiger partial charge in [-0.05, 0) is 29.8 Å². The van der Waals surface area contributed by atoms with Crippen molar-refractivity contribution >= 4 is 16.8 Å². The molecule has 2 aromatic heterocycles. The molecule has 0 spiro atoms. The minimum atomic E-state index is -0.179. The first-order valence-corrected chi connectivity index (χ1v) is 9.91. The first kappa shape index (κ1) is 18.2. The second-order valence-electron chi connectivity index (χ2n) is 7.23. The van der Waals surface area contributed by atoms with Crippen molar-refractivity contribution in [2.24, 2.45) is 0 Å². The lowest BCUT2D eigenvalue weighted by Gasteiger charge is -2.19. The average Bonchev–Trinajstić information content (AvgIpc) is 3.44. The Balaban J connectivity index is 1.48. The number of ether oxygens (including phenoxy) is 2. The number of carbonyl (C=O) groups is 1. The van der Waals surface area contributed by atoms with Crippen LogP contribution in [0.3, 0.4) is 0 Å². The van der Waals surface area contributed by atoms with E-state index in [0.29, 0.717) is 18.0 Å². The van der Waals surface area contributed by atoms with Crippen LogP contribution in [0.25, 0.3) is 10.9 Å². The van der Waals surface area contributed by atoms with Crippen LogP contribution >= 0.6 is 0 Å². The van der Waals surface area contributed by atoms with Gasteiger partial charge in [0.15, 0.2) is 11.5 Å². The molecule has 1 aliphatic rings. The molecule has 2 N–H and O–H groups in total. The third-order valence-corrected chi connectivity index (χ3v) is 5.38. The summed E-state index contributed by atoms with van der Waals surface area (Å²) in [6.45, 7) is 0.589. The van der Waals surface area contributed by atoms with E-state index in [1.165, 1.54) is 0 Å². The Labute approximate surface area is 173 Å². The van der Waals surface area contributed by atoms with Crippen molar-refractivity contribution in [1.82, 2.24) is 15.3 Å². The third kappa shape index (κ3) is 3.48. The fraction of sp³-hybridized carbons (Fsp3) is 0.167. The number of nitrogens with zero attached hydrogens (tertiary/aromatic N) is 1. The lowest BCUT2D eigenvalue weighted by atomic mass is 9.87. The molecular weight excluding hydrogens is 378 g/mol. The van der Waals surface area contributed by atoms with Crippen LogP contribution in [0.1, 0.15) is 29.2 Å². The van der Waals surface area contributed by atoms with Crippen LogP contribution in [-0.2, 0) is 11.3 Å². The van der Waals surface area contributed by atoms with E-state index in [0.717, 1.165) is 27.7 Å². The van der Waals surface area contributed by atoms with E-state index in [4.69, 9.17) is 9.47 Å². The van der Waals surface area contributed by atoms with Crippen molar-refractivity contribution in [3.05, 3.63) is 89.9 Å². The molecule has 1 atom stereocenters. The Bertz CT molecular complexity index is 1190. The van der Waals surface area contributed by atoms with E-state index < -0.39 is 0 Å². The molecule has 0 fully saturated rings. The van der Waals surface area contributed by atoms with Crippen molar-refractivity contribution in [3.63, 3.8) is 0 Å². The van der Waals surface area contributed by atoms with Crippen molar-refractivity contribution in [2.45, 2.75) is 18.9 Å². The smallest absolute Gasteiger partial charge is 0.231 e. The summed E-state index contributed by atoms with van der Waals surface area (Å²) in [4.78, 5) is 20.5. The zero-order valence-corrected chi connectivity index (χ0v) is 16.3. The van der Waals surface area contributed by atoms with E-state index >= 15 is 0 Å². The first-order chi connectivity index (χ1) is 14.8. The highest BCUT2D eigenvalue weighted by molar-refractivity contribution is 5.86. The average molecular weight is 399 g/mol. The summed E-state index contributed by atoms with van der Waals surface area (Å²) in [6, 6.07) is 19.6. The molecule has 1 unspecified atom stereocenters. The predicted octanol–water partition coefficient (Wildman–Crippen LogP) is 4.13. The number of carbonyl (C=O) groups excluding carboxylic acids is 1. The number of para-hydroxylation sites is 2. The van der Waals surface area contributed by atoms with Gasteiger partial charge in [-0.3, -0.25) is 9.78 Å². The minimum absolute atomic E-state index is 0.0487. The van der Waals surface area contributed by atoms with Gasteiger partial charge in [0.1, 0.15) is 0 Å². The molecule has 6 heteroatoms. The number of amides is 1. The fourth-order valence-corrected chi connectivity index (χ4v) is 3.95. The third-order valence-electron chi connectivity index (χ3n) is 5.38. The van der Waals surface area contributed by atoms with Crippen LogP contribution in [0.15, 0.2) is 73.1 Å². The summed E-state index contributed by atoms with van der Waals surface area (Å²) in [5.74, 6) is 1.20. The lowest BCUT2D eigenvalue weighted by Crippen LogP contribution is -2.25. The maximum Gasteiger partial charge on any atom is 0.231 e. The van der Waals surface area contributed by atoms with Crippen molar-refractivity contribution in [3.8, 4) is 11.5 Å². The molecule has 2 aromatic carbocycles. The number of aromatic nitrogens is 2. The zero-order chi connectivity index (χ0) is 20.3. The topological polar surface area (TPSA) is 76.2 Å². The molecule has 30 heavy (non-hydrogen) atoms. The van der Waals surface area contributed by atoms with E-state index in [1.54, 1.807) is 6.20 Å². The lowest BCUT2D eigenvalue weighted by molar-refractivity contribution is -0.121. The zero-order valence-electron chi connectivity index (χ0n) is 16.3. The van der Waals surface area contributed by atoms with Gasteiger partial charge in [-0.2, -0.15) is 0 Å². The summed E-state index contributed by atoms with van der Waals surface area (Å²) in [5.41, 5.74) is 3.87. The molecule has 0 radical (unpaired) electrons. The number of fused-ring (bicyclic) bond motifs is 2. The summed E-state index contributed by atoms with van der Waals surface area (Å²) in [6.07, 6.45) is 3.99. The van der Waals surface area contributed by atoms with Gasteiger partial charge in [-0.15, -0.1) is 0 Å². The number of benzene rings is 2. The first-order valence-electron chi connectivity index (χ1n) is 9.91. The van der Waals surface area contributed by atoms with Crippen LogP contribution in [-0.4, -0.2) is 22.7 Å². The quantitative estimate of drug-likeness (QED) is 0.511. The largest absolute Gasteiger partial charge is 0.454 e. The number of H-pyrrole nitrogens is 1. The number of hydrogen-bond donors (Lipinski definition) is 2. The maximum atomic E-state index is 12.9.